The largest absolute Gasteiger partial charge is 0.460 e. The van der Waals surface area contributed by atoms with Gasteiger partial charge in [-0.1, -0.05) is 51.9 Å². The summed E-state index contributed by atoms with van der Waals surface area (Å²) in [5, 5.41) is 36.2. The van der Waals surface area contributed by atoms with E-state index in [1.165, 1.54) is 33.7 Å². The quantitative estimate of drug-likeness (QED) is 0.0472. The van der Waals surface area contributed by atoms with Crippen molar-refractivity contribution in [3.63, 3.8) is 0 Å². The Morgan fingerprint density at radius 3 is 1.98 bits per heavy atom. The number of nitro groups is 3. The highest BCUT2D eigenvalue weighted by Gasteiger charge is 2.40. The van der Waals surface area contributed by atoms with Crippen molar-refractivity contribution in [1.82, 2.24) is 0 Å². The Balaban J connectivity index is 1.59. The summed E-state index contributed by atoms with van der Waals surface area (Å²) in [7, 11) is 4.25. The van der Waals surface area contributed by atoms with Crippen LogP contribution in [-0.2, 0) is 18.9 Å². The number of rotatable bonds is 14. The zero-order chi connectivity index (χ0) is 32.8. The Bertz CT molecular complexity index is 1780. The van der Waals surface area contributed by atoms with Gasteiger partial charge in [0.25, 0.3) is 17.1 Å². The molecule has 5 rings (SSSR count). The minimum absolute atomic E-state index is 0.00432. The zero-order valence-electron chi connectivity index (χ0n) is 24.2. The van der Waals surface area contributed by atoms with Gasteiger partial charge in [-0.3, -0.25) is 30.3 Å². The van der Waals surface area contributed by atoms with Crippen LogP contribution in [0.1, 0.15) is 27.0 Å². The summed E-state index contributed by atoms with van der Waals surface area (Å²) in [6, 6.07) is 13.6. The molecule has 16 heteroatoms. The summed E-state index contributed by atoms with van der Waals surface area (Å²) in [4.78, 5) is 48.8. The normalized spacial score (nSPS) is 14.8. The maximum atomic E-state index is 13.5. The topological polar surface area (TPSA) is 183 Å². The van der Waals surface area contributed by atoms with Gasteiger partial charge in [-0.25, -0.2) is 4.79 Å². The minimum Gasteiger partial charge on any atom is -0.460 e. The van der Waals surface area contributed by atoms with Gasteiger partial charge < -0.3 is 18.9 Å². The molecule has 0 aromatic heterocycles. The Morgan fingerprint density at radius 2 is 1.35 bits per heavy atom. The van der Waals surface area contributed by atoms with Crippen molar-refractivity contribution < 1.29 is 38.5 Å². The van der Waals surface area contributed by atoms with Crippen molar-refractivity contribution in [1.29, 1.82) is 0 Å². The Morgan fingerprint density at radius 1 is 0.739 bits per heavy atom. The van der Waals surface area contributed by atoms with Gasteiger partial charge in [-0.2, -0.15) is 0 Å². The fourth-order valence-corrected chi connectivity index (χ4v) is 7.42. The van der Waals surface area contributed by atoms with Crippen molar-refractivity contribution in [2.75, 3.05) is 46.8 Å². The number of nitro benzene ring substituents is 3. The third-order valence-corrected chi connectivity index (χ3v) is 9.35. The number of benzene rings is 3. The second-order valence-corrected chi connectivity index (χ2v) is 11.9. The van der Waals surface area contributed by atoms with Crippen LogP contribution in [0, 0.1) is 30.3 Å². The molecule has 1 heterocycles. The van der Waals surface area contributed by atoms with E-state index in [1.807, 2.05) is 36.4 Å². The molecule has 2 aliphatic rings. The molecule has 0 atom stereocenters. The number of fused-ring (bicyclic) bond motifs is 3. The number of hydrogen-bond acceptors (Lipinski definition) is 13. The number of hydrogen-bond donors (Lipinski definition) is 0. The van der Waals surface area contributed by atoms with Crippen LogP contribution in [0.3, 0.4) is 0 Å². The van der Waals surface area contributed by atoms with Crippen molar-refractivity contribution in [2.45, 2.75) is 0 Å². The third kappa shape index (κ3) is 6.95. The average molecular weight is 668 g/mol. The van der Waals surface area contributed by atoms with Crippen LogP contribution in [-0.4, -0.2) is 67.5 Å². The van der Waals surface area contributed by atoms with Crippen molar-refractivity contribution in [3.05, 3.63) is 118 Å². The molecule has 0 bridgehead atoms. The molecular formula is C30H25N3O11S2. The highest BCUT2D eigenvalue weighted by atomic mass is 33.1. The van der Waals surface area contributed by atoms with E-state index in [9.17, 15) is 35.1 Å². The standard InChI is InChI=1S/C30H25N3O11S2/c1-41-7-8-42-9-10-43-11-12-44-30(34)23-15-19(31(35)36)13-21-27(26-17-25(45-46-26)18-5-3-2-4-6-18)22-14-20(32(37)38)16-24(33(39)40)29(22)28(21)23/h2-6,13-17H,7-12H2,1H3/b27-26+. The smallest absolute Gasteiger partial charge is 0.339 e. The first-order chi connectivity index (χ1) is 22.2. The molecule has 0 fully saturated rings. The van der Waals surface area contributed by atoms with Crippen LogP contribution in [0.4, 0.5) is 17.1 Å². The van der Waals surface area contributed by atoms with Crippen molar-refractivity contribution >= 4 is 55.1 Å². The SMILES string of the molecule is COCCOCCOCCOC(=O)c1cc([N+](=O)[O-])cc2c1-c1c(cc([N+](=O)[O-])cc1[N+](=O)[O-])/C2=C1\C=C(c2ccccc2)SS1. The van der Waals surface area contributed by atoms with Crippen LogP contribution >= 0.6 is 21.6 Å². The first kappa shape index (κ1) is 32.8. The highest BCUT2D eigenvalue weighted by molar-refractivity contribution is 8.82. The van der Waals surface area contributed by atoms with Crippen LogP contribution in [0.15, 0.2) is 65.6 Å². The number of carbonyl (C=O) groups is 1. The van der Waals surface area contributed by atoms with Gasteiger partial charge >= 0.3 is 5.97 Å². The molecular weight excluding hydrogens is 642 g/mol. The zero-order valence-corrected chi connectivity index (χ0v) is 25.8. The predicted molar refractivity (Wildman–Crippen MR) is 171 cm³/mol. The number of nitrogens with zero attached hydrogens (tertiary/aromatic N) is 3. The molecule has 1 aliphatic heterocycles. The summed E-state index contributed by atoms with van der Waals surface area (Å²) in [6.45, 7) is 1.11. The maximum Gasteiger partial charge on any atom is 0.339 e. The molecule has 14 nitrogen and oxygen atoms in total. The van der Waals surface area contributed by atoms with Gasteiger partial charge in [0, 0.05) is 51.8 Å². The van der Waals surface area contributed by atoms with Crippen molar-refractivity contribution in [2.24, 2.45) is 0 Å². The highest BCUT2D eigenvalue weighted by Crippen LogP contribution is 2.59. The van der Waals surface area contributed by atoms with E-state index in [0.29, 0.717) is 23.7 Å². The van der Waals surface area contributed by atoms with Crippen molar-refractivity contribution in [3.8, 4) is 11.1 Å². The molecule has 0 saturated carbocycles. The first-order valence-corrected chi connectivity index (χ1v) is 15.8. The Labute approximate surface area is 269 Å². The lowest BCUT2D eigenvalue weighted by atomic mass is 9.97. The van der Waals surface area contributed by atoms with Gasteiger partial charge in [0.2, 0.25) is 0 Å². The van der Waals surface area contributed by atoms with E-state index in [1.54, 1.807) is 7.11 Å². The van der Waals surface area contributed by atoms with E-state index in [4.69, 9.17) is 18.9 Å². The van der Waals surface area contributed by atoms with E-state index >= 15 is 0 Å². The summed E-state index contributed by atoms with van der Waals surface area (Å²) in [5.74, 6) is -0.973. The molecule has 238 valence electrons. The number of allylic oxidation sites excluding steroid dienone is 1. The Kier molecular flexibility index (Phi) is 10.4. The third-order valence-electron chi connectivity index (χ3n) is 6.91. The monoisotopic (exact) mass is 667 g/mol. The van der Waals surface area contributed by atoms with Crippen LogP contribution < -0.4 is 0 Å². The molecule has 0 saturated heterocycles. The molecule has 3 aromatic carbocycles. The average Bonchev–Trinajstić information content (AvgIpc) is 3.66. The molecule has 0 unspecified atom stereocenters. The summed E-state index contributed by atoms with van der Waals surface area (Å²) in [6.07, 6.45) is 1.82. The molecule has 1 aliphatic carbocycles. The van der Waals surface area contributed by atoms with Gasteiger partial charge in [0.15, 0.2) is 0 Å². The maximum absolute atomic E-state index is 13.5. The lowest BCUT2D eigenvalue weighted by Crippen LogP contribution is -2.15. The van der Waals surface area contributed by atoms with Crippen LogP contribution in [0.25, 0.3) is 21.6 Å². The lowest BCUT2D eigenvalue weighted by Gasteiger charge is -2.11. The predicted octanol–water partition coefficient (Wildman–Crippen LogP) is 6.42. The number of carbonyl (C=O) groups excluding carboxylic acids is 1. The number of methoxy groups -OCH3 is 1. The summed E-state index contributed by atoms with van der Waals surface area (Å²) in [5.41, 5.74) is -0.495. The van der Waals surface area contributed by atoms with E-state index in [2.05, 4.69) is 0 Å². The van der Waals surface area contributed by atoms with Crippen LogP contribution in [0.2, 0.25) is 0 Å². The minimum atomic E-state index is -0.973. The summed E-state index contributed by atoms with van der Waals surface area (Å²) < 4.78 is 21.0. The van der Waals surface area contributed by atoms with E-state index < -0.39 is 37.8 Å². The molecule has 0 amide bonds. The van der Waals surface area contributed by atoms with Crippen LogP contribution in [0.5, 0.6) is 0 Å². The number of esters is 1. The summed E-state index contributed by atoms with van der Waals surface area (Å²) >= 11 is 0. The fourth-order valence-electron chi connectivity index (χ4n) is 4.93. The van der Waals surface area contributed by atoms with Gasteiger partial charge in [0.1, 0.15) is 6.61 Å². The Hall–Kier alpha value is -4.61. The molecule has 0 spiro atoms. The van der Waals surface area contributed by atoms with Gasteiger partial charge in [-0.05, 0) is 17.2 Å². The molecule has 3 aromatic rings. The van der Waals surface area contributed by atoms with E-state index in [-0.39, 0.29) is 54.2 Å². The fraction of sp³-hybridized carbons (Fsp3) is 0.233. The lowest BCUT2D eigenvalue weighted by molar-refractivity contribution is -0.393. The first-order valence-electron chi connectivity index (χ1n) is 13.7. The second kappa shape index (κ2) is 14.7. The molecule has 0 radical (unpaired) electrons. The number of non-ortho nitro benzene ring substituents is 2. The molecule has 46 heavy (non-hydrogen) atoms. The van der Waals surface area contributed by atoms with Gasteiger partial charge in [-0.15, -0.1) is 0 Å². The molecule has 0 N–H and O–H groups in total. The second-order valence-electron chi connectivity index (χ2n) is 9.71. The van der Waals surface area contributed by atoms with E-state index in [0.717, 1.165) is 22.6 Å². The number of ether oxygens (including phenoxy) is 4. The van der Waals surface area contributed by atoms with Gasteiger partial charge in [0.05, 0.1) is 65.0 Å².